The van der Waals surface area contributed by atoms with Gasteiger partial charge in [-0.3, -0.25) is 9.59 Å². The molecule has 0 amide bonds. The summed E-state index contributed by atoms with van der Waals surface area (Å²) in [5.41, 5.74) is 0. The van der Waals surface area contributed by atoms with Gasteiger partial charge in [-0.1, -0.05) is 0 Å². The molecule has 1 saturated carbocycles. The van der Waals surface area contributed by atoms with Gasteiger partial charge in [0.1, 0.15) is 11.5 Å². The number of benzene rings is 1. The van der Waals surface area contributed by atoms with Crippen LogP contribution in [0.5, 0.6) is 5.75 Å². The van der Waals surface area contributed by atoms with Crippen molar-refractivity contribution in [3.8, 4) is 5.75 Å². The maximum Gasteiger partial charge on any atom is 0.304 e. The summed E-state index contributed by atoms with van der Waals surface area (Å²) in [5.74, 6) is 0.210. The van der Waals surface area contributed by atoms with Crippen molar-refractivity contribution >= 4 is 23.5 Å². The van der Waals surface area contributed by atoms with Crippen LogP contribution in [0.2, 0.25) is 0 Å². The van der Waals surface area contributed by atoms with E-state index < -0.39 is 5.97 Å². The first kappa shape index (κ1) is 14.9. The summed E-state index contributed by atoms with van der Waals surface area (Å²) in [4.78, 5) is 23.5. The van der Waals surface area contributed by atoms with Gasteiger partial charge in [0.15, 0.2) is 0 Å². The predicted octanol–water partition coefficient (Wildman–Crippen LogP) is 3.14. The monoisotopic (exact) mass is 294 g/mol. The molecule has 0 aliphatic heterocycles. The van der Waals surface area contributed by atoms with Crippen molar-refractivity contribution in [2.24, 2.45) is 0 Å². The summed E-state index contributed by atoms with van der Waals surface area (Å²) >= 11 is 1.57. The molecule has 1 aromatic carbocycles. The maximum atomic E-state index is 11.4. The molecule has 0 heterocycles. The predicted molar refractivity (Wildman–Crippen MR) is 77.3 cm³/mol. The summed E-state index contributed by atoms with van der Waals surface area (Å²) in [5, 5.41) is 9.14. The number of ketones is 1. The van der Waals surface area contributed by atoms with Crippen molar-refractivity contribution in [1.82, 2.24) is 0 Å². The molecule has 2 rings (SSSR count). The van der Waals surface area contributed by atoms with E-state index in [0.717, 1.165) is 10.6 Å². The highest BCUT2D eigenvalue weighted by molar-refractivity contribution is 8.00. The van der Waals surface area contributed by atoms with Crippen LogP contribution in [0.4, 0.5) is 0 Å². The molecule has 5 heteroatoms. The molecule has 0 aromatic heterocycles. The van der Waals surface area contributed by atoms with E-state index in [1.807, 2.05) is 24.3 Å². The van der Waals surface area contributed by atoms with Gasteiger partial charge in [0.25, 0.3) is 0 Å². The van der Waals surface area contributed by atoms with Crippen LogP contribution in [0.15, 0.2) is 29.2 Å². The largest absolute Gasteiger partial charge is 0.497 e. The molecule has 4 nitrogen and oxygen atoms in total. The van der Waals surface area contributed by atoms with Gasteiger partial charge >= 0.3 is 5.97 Å². The number of rotatable bonds is 5. The number of hydrogen-bond acceptors (Lipinski definition) is 4. The van der Waals surface area contributed by atoms with Gasteiger partial charge in [0.05, 0.1) is 13.5 Å². The van der Waals surface area contributed by atoms with Gasteiger partial charge in [-0.05, 0) is 37.1 Å². The van der Waals surface area contributed by atoms with E-state index >= 15 is 0 Å². The lowest BCUT2D eigenvalue weighted by atomic mass is 9.85. The number of hydrogen-bond donors (Lipinski definition) is 1. The Morgan fingerprint density at radius 3 is 2.40 bits per heavy atom. The minimum Gasteiger partial charge on any atom is -0.497 e. The maximum absolute atomic E-state index is 11.4. The molecule has 0 radical (unpaired) electrons. The van der Waals surface area contributed by atoms with Gasteiger partial charge < -0.3 is 9.84 Å². The van der Waals surface area contributed by atoms with Crippen molar-refractivity contribution in [3.05, 3.63) is 24.3 Å². The van der Waals surface area contributed by atoms with Gasteiger partial charge in [0.2, 0.25) is 0 Å². The third-order valence-electron chi connectivity index (χ3n) is 3.59. The second-order valence-corrected chi connectivity index (χ2v) is 6.61. The Morgan fingerprint density at radius 2 is 1.90 bits per heavy atom. The van der Waals surface area contributed by atoms with Crippen molar-refractivity contribution in [1.29, 1.82) is 0 Å². The normalized spacial score (nSPS) is 17.8. The average molecular weight is 294 g/mol. The highest BCUT2D eigenvalue weighted by atomic mass is 32.2. The molecule has 0 atom stereocenters. The standard InChI is InChI=1S/C15H18O4S/c1-19-12-2-4-13(5-3-12)20-15(10-14(17)18)8-6-11(16)7-9-15/h2-5H,6-10H2,1H3,(H,17,18). The van der Waals surface area contributed by atoms with Crippen LogP contribution < -0.4 is 4.74 Å². The number of carbonyl (C=O) groups excluding carboxylic acids is 1. The van der Waals surface area contributed by atoms with Crippen molar-refractivity contribution in [3.63, 3.8) is 0 Å². The Kier molecular flexibility index (Phi) is 4.70. The first-order valence-electron chi connectivity index (χ1n) is 6.60. The van der Waals surface area contributed by atoms with Crippen LogP contribution in [0.25, 0.3) is 0 Å². The smallest absolute Gasteiger partial charge is 0.304 e. The Balaban J connectivity index is 2.14. The lowest BCUT2D eigenvalue weighted by Crippen LogP contribution is -2.33. The average Bonchev–Trinajstić information content (AvgIpc) is 2.42. The molecule has 1 N–H and O–H groups in total. The lowest BCUT2D eigenvalue weighted by molar-refractivity contribution is -0.138. The number of carboxylic acid groups (broad SMARTS) is 1. The van der Waals surface area contributed by atoms with Crippen LogP contribution >= 0.6 is 11.8 Å². The fourth-order valence-corrected chi connectivity index (χ4v) is 3.84. The van der Waals surface area contributed by atoms with E-state index in [-0.39, 0.29) is 17.0 Å². The van der Waals surface area contributed by atoms with E-state index in [1.165, 1.54) is 0 Å². The third-order valence-corrected chi connectivity index (χ3v) is 5.08. The van der Waals surface area contributed by atoms with Crippen LogP contribution in [0.1, 0.15) is 32.1 Å². The van der Waals surface area contributed by atoms with E-state index in [4.69, 9.17) is 9.84 Å². The summed E-state index contributed by atoms with van der Waals surface area (Å²) in [6.45, 7) is 0. The molecule has 0 unspecified atom stereocenters. The first-order chi connectivity index (χ1) is 9.53. The second kappa shape index (κ2) is 6.31. The van der Waals surface area contributed by atoms with Crippen molar-refractivity contribution < 1.29 is 19.4 Å². The first-order valence-corrected chi connectivity index (χ1v) is 7.41. The molecule has 0 bridgehead atoms. The van der Waals surface area contributed by atoms with Crippen molar-refractivity contribution in [2.45, 2.75) is 41.7 Å². The Hall–Kier alpha value is -1.49. The van der Waals surface area contributed by atoms with E-state index in [0.29, 0.717) is 25.7 Å². The summed E-state index contributed by atoms with van der Waals surface area (Å²) < 4.78 is 4.75. The zero-order valence-corrected chi connectivity index (χ0v) is 12.2. The van der Waals surface area contributed by atoms with Gasteiger partial charge in [0, 0.05) is 22.5 Å². The second-order valence-electron chi connectivity index (χ2n) is 5.07. The topological polar surface area (TPSA) is 63.6 Å². The molecule has 108 valence electrons. The lowest BCUT2D eigenvalue weighted by Gasteiger charge is -2.34. The summed E-state index contributed by atoms with van der Waals surface area (Å²) in [6, 6.07) is 7.60. The molecule has 1 aliphatic carbocycles. The summed E-state index contributed by atoms with van der Waals surface area (Å²) in [7, 11) is 1.61. The van der Waals surface area contributed by atoms with Crippen LogP contribution in [-0.4, -0.2) is 28.7 Å². The van der Waals surface area contributed by atoms with Crippen molar-refractivity contribution in [2.75, 3.05) is 7.11 Å². The Morgan fingerprint density at radius 1 is 1.30 bits per heavy atom. The number of aliphatic carboxylic acids is 1. The summed E-state index contributed by atoms with van der Waals surface area (Å²) in [6.07, 6.45) is 2.33. The zero-order chi connectivity index (χ0) is 14.6. The number of ether oxygens (including phenoxy) is 1. The van der Waals surface area contributed by atoms with E-state index in [9.17, 15) is 9.59 Å². The molecular weight excluding hydrogens is 276 g/mol. The van der Waals surface area contributed by atoms with Crippen LogP contribution in [0.3, 0.4) is 0 Å². The molecule has 0 saturated heterocycles. The van der Waals surface area contributed by atoms with E-state index in [2.05, 4.69) is 0 Å². The quantitative estimate of drug-likeness (QED) is 0.903. The zero-order valence-electron chi connectivity index (χ0n) is 11.4. The van der Waals surface area contributed by atoms with Gasteiger partial charge in [-0.25, -0.2) is 0 Å². The fourth-order valence-electron chi connectivity index (χ4n) is 2.47. The highest BCUT2D eigenvalue weighted by Gasteiger charge is 2.37. The molecular formula is C15H18O4S. The number of methoxy groups -OCH3 is 1. The van der Waals surface area contributed by atoms with Gasteiger partial charge in [-0.15, -0.1) is 11.8 Å². The third kappa shape index (κ3) is 3.76. The molecule has 1 aromatic rings. The minimum absolute atomic E-state index is 0.0942. The number of Topliss-reactive ketones (excluding diaryl/α,β-unsaturated/α-hetero) is 1. The number of thioether (sulfide) groups is 1. The Labute approximate surface area is 122 Å². The SMILES string of the molecule is COc1ccc(SC2(CC(=O)O)CCC(=O)CC2)cc1. The highest BCUT2D eigenvalue weighted by Crippen LogP contribution is 2.45. The van der Waals surface area contributed by atoms with Crippen LogP contribution in [0, 0.1) is 0 Å². The van der Waals surface area contributed by atoms with E-state index in [1.54, 1.807) is 18.9 Å². The molecule has 1 aliphatic rings. The number of carbonyl (C=O) groups is 2. The minimum atomic E-state index is -0.805. The molecule has 0 spiro atoms. The Bertz CT molecular complexity index is 485. The fraction of sp³-hybridized carbons (Fsp3) is 0.467. The molecule has 1 fully saturated rings. The molecule has 20 heavy (non-hydrogen) atoms. The number of carboxylic acids is 1. The van der Waals surface area contributed by atoms with Crippen LogP contribution in [-0.2, 0) is 9.59 Å². The van der Waals surface area contributed by atoms with Gasteiger partial charge in [-0.2, -0.15) is 0 Å².